The maximum atomic E-state index is 13.5. The number of aryl methyl sites for hydroxylation is 2. The Labute approximate surface area is 184 Å². The maximum absolute atomic E-state index is 13.5. The van der Waals surface area contributed by atoms with Crippen LogP contribution in [0, 0.1) is 12.7 Å². The van der Waals surface area contributed by atoms with Crippen molar-refractivity contribution in [1.82, 2.24) is 9.55 Å². The van der Waals surface area contributed by atoms with Gasteiger partial charge in [0.1, 0.15) is 22.8 Å². The van der Waals surface area contributed by atoms with E-state index in [1.165, 1.54) is 22.8 Å². The Morgan fingerprint density at radius 2 is 1.84 bits per heavy atom. The third-order valence-electron chi connectivity index (χ3n) is 5.17. The van der Waals surface area contributed by atoms with Gasteiger partial charge in [-0.1, -0.05) is 0 Å². The predicted molar refractivity (Wildman–Crippen MR) is 123 cm³/mol. The van der Waals surface area contributed by atoms with E-state index < -0.39 is 10.0 Å². The average Bonchev–Trinajstić information content (AvgIpc) is 3.24. The zero-order valence-corrected chi connectivity index (χ0v) is 18.6. The van der Waals surface area contributed by atoms with Crippen LogP contribution in [0.4, 0.5) is 10.1 Å². The lowest BCUT2D eigenvalue weighted by atomic mass is 10.0. The molecule has 0 radical (unpaired) electrons. The van der Waals surface area contributed by atoms with Gasteiger partial charge >= 0.3 is 0 Å². The number of sulfonamides is 1. The van der Waals surface area contributed by atoms with Gasteiger partial charge in [0.25, 0.3) is 5.56 Å². The molecule has 0 atom stereocenters. The molecule has 166 valence electrons. The second kappa shape index (κ2) is 8.16. The molecule has 4 rings (SSSR count). The predicted octanol–water partition coefficient (Wildman–Crippen LogP) is 4.54. The Hall–Kier alpha value is -3.59. The Morgan fingerprint density at radius 3 is 2.56 bits per heavy atom. The number of ether oxygens (including phenoxy) is 1. The smallest absolute Gasteiger partial charge is 0.274 e. The average molecular weight is 456 g/mol. The molecule has 0 aliphatic heterocycles. The lowest BCUT2D eigenvalue weighted by molar-refractivity contribution is 0.478. The molecule has 0 bridgehead atoms. The molecule has 7 nitrogen and oxygen atoms in total. The molecule has 0 unspecified atom stereocenters. The molecule has 0 aliphatic rings. The van der Waals surface area contributed by atoms with Crippen LogP contribution in [-0.2, 0) is 17.1 Å². The van der Waals surface area contributed by atoms with Crippen LogP contribution in [0.25, 0.3) is 22.0 Å². The highest BCUT2D eigenvalue weighted by Gasteiger charge is 2.17. The molecule has 2 heterocycles. The van der Waals surface area contributed by atoms with Crippen LogP contribution in [-0.4, -0.2) is 23.7 Å². The number of benzene rings is 2. The molecular formula is C23H22FN3O4S. The number of H-pyrrole nitrogens is 1. The van der Waals surface area contributed by atoms with E-state index in [9.17, 15) is 17.6 Å². The molecule has 0 saturated heterocycles. The summed E-state index contributed by atoms with van der Waals surface area (Å²) in [6.07, 6.45) is 3.35. The zero-order valence-electron chi connectivity index (χ0n) is 17.8. The number of rotatable bonds is 6. The number of pyridine rings is 1. The van der Waals surface area contributed by atoms with Crippen LogP contribution in [0.3, 0.4) is 0 Å². The topological polar surface area (TPSA) is 93.2 Å². The Balaban J connectivity index is 1.93. The zero-order chi connectivity index (χ0) is 23.0. The normalized spacial score (nSPS) is 11.6. The van der Waals surface area contributed by atoms with Crippen molar-refractivity contribution < 1.29 is 17.5 Å². The maximum Gasteiger partial charge on any atom is 0.274 e. The first-order valence-corrected chi connectivity index (χ1v) is 11.6. The molecule has 2 aromatic heterocycles. The minimum atomic E-state index is -3.50. The first-order chi connectivity index (χ1) is 15.2. The summed E-state index contributed by atoms with van der Waals surface area (Å²) in [5.74, 6) is 0.452. The first kappa shape index (κ1) is 21.6. The van der Waals surface area contributed by atoms with E-state index in [1.807, 2.05) is 0 Å². The summed E-state index contributed by atoms with van der Waals surface area (Å²) in [7, 11) is -1.86. The van der Waals surface area contributed by atoms with Gasteiger partial charge in [-0.3, -0.25) is 9.52 Å². The first-order valence-electron chi connectivity index (χ1n) is 9.94. The van der Waals surface area contributed by atoms with Crippen molar-refractivity contribution in [2.75, 3.05) is 10.5 Å². The summed E-state index contributed by atoms with van der Waals surface area (Å²) in [5, 5.41) is 0.671. The van der Waals surface area contributed by atoms with Crippen LogP contribution in [0.1, 0.15) is 12.5 Å². The van der Waals surface area contributed by atoms with E-state index in [-0.39, 0.29) is 17.1 Å². The highest BCUT2D eigenvalue weighted by molar-refractivity contribution is 7.92. The number of hydrogen-bond acceptors (Lipinski definition) is 4. The number of fused-ring (bicyclic) bond motifs is 1. The minimum Gasteiger partial charge on any atom is -0.456 e. The van der Waals surface area contributed by atoms with Crippen molar-refractivity contribution in [2.45, 2.75) is 13.8 Å². The fourth-order valence-electron chi connectivity index (χ4n) is 3.47. The van der Waals surface area contributed by atoms with Crippen LogP contribution in [0.5, 0.6) is 11.5 Å². The summed E-state index contributed by atoms with van der Waals surface area (Å²) in [4.78, 5) is 15.5. The fourth-order valence-corrected chi connectivity index (χ4v) is 4.10. The number of anilines is 1. The van der Waals surface area contributed by atoms with Crippen LogP contribution < -0.4 is 15.0 Å². The summed E-state index contributed by atoms with van der Waals surface area (Å²) >= 11 is 0. The Morgan fingerprint density at radius 1 is 1.09 bits per heavy atom. The number of aromatic nitrogens is 2. The molecule has 0 saturated carbocycles. The summed E-state index contributed by atoms with van der Waals surface area (Å²) in [6.45, 7) is 3.28. The monoisotopic (exact) mass is 455 g/mol. The standard InChI is InChI=1S/C23H22FN3O4S/c1-4-32(29,30)26-16-6-8-21(31-20-7-5-15(24)11-14(20)2)18(12-16)19-13-27(3)23(28)22-17(19)9-10-25-22/h5-13,25-26H,4H2,1-3H3. The van der Waals surface area contributed by atoms with Gasteiger partial charge in [-0.15, -0.1) is 0 Å². The Kier molecular flexibility index (Phi) is 5.52. The number of nitrogens with one attached hydrogen (secondary N) is 2. The molecular weight excluding hydrogens is 433 g/mol. The lowest BCUT2D eigenvalue weighted by Crippen LogP contribution is -2.17. The van der Waals surface area contributed by atoms with E-state index in [1.54, 1.807) is 57.6 Å². The van der Waals surface area contributed by atoms with Crippen LogP contribution in [0.2, 0.25) is 0 Å². The minimum absolute atomic E-state index is 0.0722. The van der Waals surface area contributed by atoms with Crippen molar-refractivity contribution in [3.8, 4) is 22.6 Å². The van der Waals surface area contributed by atoms with Gasteiger partial charge in [0, 0.05) is 41.6 Å². The number of aromatic amines is 1. The van der Waals surface area contributed by atoms with Gasteiger partial charge in [0.15, 0.2) is 0 Å². The third kappa shape index (κ3) is 4.11. The molecule has 0 aliphatic carbocycles. The molecule has 4 aromatic rings. The summed E-state index contributed by atoms with van der Waals surface area (Å²) < 4.78 is 47.9. The Bertz CT molecular complexity index is 1490. The molecule has 2 N–H and O–H groups in total. The van der Waals surface area contributed by atoms with Crippen molar-refractivity contribution in [3.63, 3.8) is 0 Å². The van der Waals surface area contributed by atoms with Gasteiger partial charge in [-0.2, -0.15) is 0 Å². The molecule has 32 heavy (non-hydrogen) atoms. The highest BCUT2D eigenvalue weighted by atomic mass is 32.2. The van der Waals surface area contributed by atoms with Crippen molar-refractivity contribution in [1.29, 1.82) is 0 Å². The van der Waals surface area contributed by atoms with E-state index in [0.29, 0.717) is 44.8 Å². The molecule has 0 fully saturated rings. The van der Waals surface area contributed by atoms with Gasteiger partial charge in [-0.05, 0) is 61.9 Å². The summed E-state index contributed by atoms with van der Waals surface area (Å²) in [5.41, 5.74) is 2.46. The number of halogens is 1. The SMILES string of the molecule is CCS(=O)(=O)Nc1ccc(Oc2ccc(F)cc2C)c(-c2cn(C)c(=O)c3[nH]ccc23)c1. The molecule has 2 aromatic carbocycles. The van der Waals surface area contributed by atoms with Crippen molar-refractivity contribution >= 4 is 26.6 Å². The van der Waals surface area contributed by atoms with Crippen LogP contribution in [0.15, 0.2) is 59.7 Å². The van der Waals surface area contributed by atoms with Gasteiger partial charge < -0.3 is 14.3 Å². The van der Waals surface area contributed by atoms with Gasteiger partial charge in [0.05, 0.1) is 5.75 Å². The fraction of sp³-hybridized carbons (Fsp3) is 0.174. The number of nitrogens with zero attached hydrogens (tertiary/aromatic N) is 1. The van der Waals surface area contributed by atoms with Gasteiger partial charge in [0.2, 0.25) is 10.0 Å². The van der Waals surface area contributed by atoms with E-state index in [2.05, 4.69) is 9.71 Å². The van der Waals surface area contributed by atoms with Crippen molar-refractivity contribution in [3.05, 3.63) is 76.6 Å². The molecule has 0 spiro atoms. The largest absolute Gasteiger partial charge is 0.456 e. The molecule has 0 amide bonds. The van der Waals surface area contributed by atoms with E-state index in [4.69, 9.17) is 4.74 Å². The highest BCUT2D eigenvalue weighted by Crippen LogP contribution is 2.39. The third-order valence-corrected chi connectivity index (χ3v) is 6.48. The van der Waals surface area contributed by atoms with Gasteiger partial charge in [-0.25, -0.2) is 12.8 Å². The lowest BCUT2D eigenvalue weighted by Gasteiger charge is -2.16. The second-order valence-electron chi connectivity index (χ2n) is 7.45. The van der Waals surface area contributed by atoms with E-state index in [0.717, 1.165) is 0 Å². The van der Waals surface area contributed by atoms with E-state index >= 15 is 0 Å². The molecule has 9 heteroatoms. The second-order valence-corrected chi connectivity index (χ2v) is 9.46. The van der Waals surface area contributed by atoms with Crippen molar-refractivity contribution in [2.24, 2.45) is 7.05 Å². The quantitative estimate of drug-likeness (QED) is 0.447. The summed E-state index contributed by atoms with van der Waals surface area (Å²) in [6, 6.07) is 10.9. The van der Waals surface area contributed by atoms with Crippen LogP contribution >= 0.6 is 0 Å². The number of hydrogen-bond donors (Lipinski definition) is 2.